The second-order valence-electron chi connectivity index (χ2n) is 10.4. The first kappa shape index (κ1) is 25.5. The fourth-order valence-electron chi connectivity index (χ4n) is 5.21. The van der Waals surface area contributed by atoms with Crippen LogP contribution in [0.3, 0.4) is 0 Å². The van der Waals surface area contributed by atoms with Gasteiger partial charge in [0.05, 0.1) is 12.8 Å². The molecule has 5 rings (SSSR count). The molecule has 0 atom stereocenters. The topological polar surface area (TPSA) is 93.5 Å². The van der Waals surface area contributed by atoms with Gasteiger partial charge in [0.1, 0.15) is 11.4 Å². The standard InChI is InChI=1S/C28H34N4O4S/c1-19(2)29-17-16-28(14-15-28)20-5-7-21(8-6-20)31-18-13-24-25(27(31)33)32(30-26(24)37(4,34)35)22-9-11-23(36-3)12-10-22/h5-12,19,29H,13-18H2,1-4H3. The van der Waals surface area contributed by atoms with Crippen molar-refractivity contribution in [1.82, 2.24) is 15.1 Å². The van der Waals surface area contributed by atoms with Crippen LogP contribution in [0.15, 0.2) is 53.6 Å². The van der Waals surface area contributed by atoms with Gasteiger partial charge in [-0.2, -0.15) is 5.10 Å². The zero-order chi connectivity index (χ0) is 26.4. The Morgan fingerprint density at radius 1 is 1.05 bits per heavy atom. The Bertz CT molecular complexity index is 1410. The van der Waals surface area contributed by atoms with E-state index in [1.807, 2.05) is 12.1 Å². The summed E-state index contributed by atoms with van der Waals surface area (Å²) in [5.41, 5.74) is 3.72. The number of carbonyl (C=O) groups excluding carboxylic acids is 1. The first-order chi connectivity index (χ1) is 17.6. The van der Waals surface area contributed by atoms with Crippen molar-refractivity contribution in [3.63, 3.8) is 0 Å². The summed E-state index contributed by atoms with van der Waals surface area (Å²) in [5.74, 6) is 0.407. The lowest BCUT2D eigenvalue weighted by Crippen LogP contribution is -2.39. The zero-order valence-corrected chi connectivity index (χ0v) is 22.6. The van der Waals surface area contributed by atoms with E-state index in [-0.39, 0.29) is 16.3 Å². The van der Waals surface area contributed by atoms with Gasteiger partial charge in [0.25, 0.3) is 5.91 Å². The van der Waals surface area contributed by atoms with E-state index >= 15 is 0 Å². The Hall–Kier alpha value is -3.17. The van der Waals surface area contributed by atoms with Crippen LogP contribution in [-0.4, -0.2) is 56.6 Å². The first-order valence-electron chi connectivity index (χ1n) is 12.8. The highest BCUT2D eigenvalue weighted by Crippen LogP contribution is 2.51. The molecular formula is C28H34N4O4S. The average Bonchev–Trinajstić information content (AvgIpc) is 3.54. The van der Waals surface area contributed by atoms with Crippen LogP contribution in [0.4, 0.5) is 5.69 Å². The molecule has 196 valence electrons. The summed E-state index contributed by atoms with van der Waals surface area (Å²) in [6, 6.07) is 15.8. The molecule has 0 unspecified atom stereocenters. The third-order valence-electron chi connectivity index (χ3n) is 7.45. The smallest absolute Gasteiger partial charge is 0.277 e. The Morgan fingerprint density at radius 3 is 2.27 bits per heavy atom. The average molecular weight is 523 g/mol. The predicted octanol–water partition coefficient (Wildman–Crippen LogP) is 3.91. The van der Waals surface area contributed by atoms with Gasteiger partial charge in [-0.3, -0.25) is 4.79 Å². The number of carbonyl (C=O) groups is 1. The molecule has 8 nitrogen and oxygen atoms in total. The molecule has 0 radical (unpaired) electrons. The molecule has 3 aromatic rings. The van der Waals surface area contributed by atoms with E-state index in [1.54, 1.807) is 36.3 Å². The van der Waals surface area contributed by atoms with Gasteiger partial charge in [0.15, 0.2) is 14.9 Å². The third kappa shape index (κ3) is 4.90. The number of benzene rings is 2. The van der Waals surface area contributed by atoms with E-state index in [4.69, 9.17) is 4.74 Å². The van der Waals surface area contributed by atoms with E-state index < -0.39 is 9.84 Å². The highest BCUT2D eigenvalue weighted by atomic mass is 32.2. The van der Waals surface area contributed by atoms with Crippen molar-refractivity contribution >= 4 is 21.4 Å². The van der Waals surface area contributed by atoms with E-state index in [2.05, 4.69) is 36.4 Å². The number of nitrogens with zero attached hydrogens (tertiary/aromatic N) is 3. The first-order valence-corrected chi connectivity index (χ1v) is 14.6. The van der Waals surface area contributed by atoms with Gasteiger partial charge in [0, 0.05) is 30.1 Å². The van der Waals surface area contributed by atoms with Crippen molar-refractivity contribution in [2.24, 2.45) is 0 Å². The fourth-order valence-corrected chi connectivity index (χ4v) is 6.09. The molecule has 1 aliphatic carbocycles. The van der Waals surface area contributed by atoms with Crippen molar-refractivity contribution in [1.29, 1.82) is 0 Å². The van der Waals surface area contributed by atoms with Gasteiger partial charge < -0.3 is 15.0 Å². The van der Waals surface area contributed by atoms with Crippen LogP contribution in [-0.2, 0) is 21.7 Å². The minimum absolute atomic E-state index is 0.0349. The second-order valence-corrected chi connectivity index (χ2v) is 12.3. The molecule has 1 saturated carbocycles. The Morgan fingerprint density at radius 2 is 1.70 bits per heavy atom. The molecule has 1 fully saturated rings. The molecule has 9 heteroatoms. The lowest BCUT2D eigenvalue weighted by molar-refractivity contribution is 0.0973. The van der Waals surface area contributed by atoms with E-state index in [1.165, 1.54) is 23.1 Å². The summed E-state index contributed by atoms with van der Waals surface area (Å²) >= 11 is 0. The maximum absolute atomic E-state index is 13.8. The minimum atomic E-state index is -3.61. The maximum atomic E-state index is 13.8. The molecule has 0 spiro atoms. The van der Waals surface area contributed by atoms with Crippen LogP contribution >= 0.6 is 0 Å². The summed E-state index contributed by atoms with van der Waals surface area (Å²) in [7, 11) is -2.03. The normalized spacial score (nSPS) is 16.7. The number of anilines is 1. The molecule has 2 aliphatic rings. The van der Waals surface area contributed by atoms with Gasteiger partial charge >= 0.3 is 0 Å². The van der Waals surface area contributed by atoms with Crippen LogP contribution in [0, 0.1) is 0 Å². The number of hydrogen-bond donors (Lipinski definition) is 1. The molecule has 37 heavy (non-hydrogen) atoms. The number of nitrogens with one attached hydrogen (secondary N) is 1. The van der Waals surface area contributed by atoms with Crippen molar-refractivity contribution < 1.29 is 17.9 Å². The van der Waals surface area contributed by atoms with Gasteiger partial charge in [-0.05, 0) is 79.6 Å². The number of methoxy groups -OCH3 is 1. The van der Waals surface area contributed by atoms with Crippen LogP contribution < -0.4 is 15.0 Å². The maximum Gasteiger partial charge on any atom is 0.277 e. The molecular weight excluding hydrogens is 488 g/mol. The lowest BCUT2D eigenvalue weighted by Gasteiger charge is -2.28. The van der Waals surface area contributed by atoms with Gasteiger partial charge in [-0.15, -0.1) is 0 Å². The SMILES string of the molecule is COc1ccc(-n2nc(S(C)(=O)=O)c3c2C(=O)N(c2ccc(C4(CCNC(C)C)CC4)cc2)CC3)cc1. The second kappa shape index (κ2) is 9.61. The summed E-state index contributed by atoms with van der Waals surface area (Å²) in [4.78, 5) is 15.5. The number of rotatable bonds is 9. The molecule has 2 heterocycles. The lowest BCUT2D eigenvalue weighted by atomic mass is 9.92. The Kier molecular flexibility index (Phi) is 6.62. The minimum Gasteiger partial charge on any atom is -0.497 e. The summed E-state index contributed by atoms with van der Waals surface area (Å²) in [5, 5.41) is 7.88. The third-order valence-corrected chi connectivity index (χ3v) is 8.48. The molecule has 1 amide bonds. The van der Waals surface area contributed by atoms with E-state index in [9.17, 15) is 13.2 Å². The highest BCUT2D eigenvalue weighted by Gasteiger charge is 2.43. The number of ether oxygens (including phenoxy) is 1. The monoisotopic (exact) mass is 522 g/mol. The molecule has 1 aliphatic heterocycles. The largest absolute Gasteiger partial charge is 0.497 e. The quantitative estimate of drug-likeness (QED) is 0.458. The van der Waals surface area contributed by atoms with Crippen LogP contribution in [0.5, 0.6) is 5.75 Å². The number of fused-ring (bicyclic) bond motifs is 1. The predicted molar refractivity (Wildman–Crippen MR) is 144 cm³/mol. The highest BCUT2D eigenvalue weighted by molar-refractivity contribution is 7.90. The van der Waals surface area contributed by atoms with Crippen molar-refractivity contribution in [3.8, 4) is 11.4 Å². The van der Waals surface area contributed by atoms with Crippen molar-refractivity contribution in [2.75, 3.05) is 31.4 Å². The molecule has 0 bridgehead atoms. The molecule has 1 aromatic heterocycles. The Labute approximate surface area is 218 Å². The molecule has 0 saturated heterocycles. The zero-order valence-electron chi connectivity index (χ0n) is 21.8. The molecule has 1 N–H and O–H groups in total. The number of aromatic nitrogens is 2. The molecule has 2 aromatic carbocycles. The van der Waals surface area contributed by atoms with Gasteiger partial charge in [0.2, 0.25) is 0 Å². The number of hydrogen-bond acceptors (Lipinski definition) is 6. The summed E-state index contributed by atoms with van der Waals surface area (Å²) in [6.07, 6.45) is 5.02. The van der Waals surface area contributed by atoms with Crippen LogP contribution in [0.1, 0.15) is 54.7 Å². The van der Waals surface area contributed by atoms with Gasteiger partial charge in [-0.25, -0.2) is 13.1 Å². The summed E-state index contributed by atoms with van der Waals surface area (Å²) in [6.45, 7) is 5.71. The van der Waals surface area contributed by atoms with E-state index in [0.717, 1.165) is 24.9 Å². The van der Waals surface area contributed by atoms with Crippen molar-refractivity contribution in [2.45, 2.75) is 56.0 Å². The Balaban J connectivity index is 1.45. The fraction of sp³-hybridized carbons (Fsp3) is 0.429. The van der Waals surface area contributed by atoms with E-state index in [0.29, 0.717) is 41.7 Å². The summed E-state index contributed by atoms with van der Waals surface area (Å²) < 4.78 is 31.8. The number of amides is 1. The van der Waals surface area contributed by atoms with Gasteiger partial charge in [-0.1, -0.05) is 26.0 Å². The van der Waals surface area contributed by atoms with Crippen LogP contribution in [0.25, 0.3) is 5.69 Å². The van der Waals surface area contributed by atoms with Crippen molar-refractivity contribution in [3.05, 3.63) is 65.4 Å². The number of sulfone groups is 1. The van der Waals surface area contributed by atoms with Crippen LogP contribution in [0.2, 0.25) is 0 Å².